The van der Waals surface area contributed by atoms with E-state index in [1.54, 1.807) is 33.5 Å². The highest BCUT2D eigenvalue weighted by atomic mass is 32.2. The van der Waals surface area contributed by atoms with Crippen LogP contribution in [0.15, 0.2) is 60.0 Å². The fourth-order valence-corrected chi connectivity index (χ4v) is 5.97. The topological polar surface area (TPSA) is 67.2 Å². The van der Waals surface area contributed by atoms with E-state index in [2.05, 4.69) is 41.5 Å². The molecule has 1 saturated heterocycles. The van der Waals surface area contributed by atoms with Gasteiger partial charge in [0.25, 0.3) is 10.0 Å². The van der Waals surface area contributed by atoms with Crippen molar-refractivity contribution in [2.45, 2.75) is 30.5 Å². The van der Waals surface area contributed by atoms with Gasteiger partial charge in [-0.3, -0.25) is 0 Å². The van der Waals surface area contributed by atoms with Gasteiger partial charge in [0.1, 0.15) is 0 Å². The smallest absolute Gasteiger partial charge is 0.262 e. The third-order valence-corrected chi connectivity index (χ3v) is 7.85. The predicted molar refractivity (Wildman–Crippen MR) is 111 cm³/mol. The van der Waals surface area contributed by atoms with Gasteiger partial charge < -0.3 is 9.88 Å². The predicted octanol–water partition coefficient (Wildman–Crippen LogP) is 2.74. The van der Waals surface area contributed by atoms with E-state index in [4.69, 9.17) is 0 Å². The second-order valence-corrected chi connectivity index (χ2v) is 10.5. The third kappa shape index (κ3) is 3.91. The Morgan fingerprint density at radius 3 is 2.61 bits per heavy atom. The summed E-state index contributed by atoms with van der Waals surface area (Å²) in [6.07, 6.45) is 3.08. The summed E-state index contributed by atoms with van der Waals surface area (Å²) in [4.78, 5) is 6.61. The van der Waals surface area contributed by atoms with Gasteiger partial charge in [-0.25, -0.2) is 13.4 Å². The van der Waals surface area contributed by atoms with Crippen molar-refractivity contribution in [1.82, 2.24) is 19.2 Å². The van der Waals surface area contributed by atoms with E-state index in [0.717, 1.165) is 12.1 Å². The van der Waals surface area contributed by atoms with Crippen LogP contribution >= 0.6 is 11.3 Å². The molecular weight excluding hydrogens is 392 g/mol. The average Bonchev–Trinajstić information content (AvgIpc) is 3.40. The minimum absolute atomic E-state index is 0.0447. The molecule has 28 heavy (non-hydrogen) atoms. The lowest BCUT2D eigenvalue weighted by atomic mass is 9.94. The molecule has 8 heteroatoms. The van der Waals surface area contributed by atoms with Gasteiger partial charge in [-0.2, -0.15) is 4.31 Å². The van der Waals surface area contributed by atoms with Crippen LogP contribution in [-0.4, -0.2) is 41.4 Å². The molecule has 1 N–H and O–H groups in total. The molecule has 3 aromatic rings. The highest BCUT2D eigenvalue weighted by Crippen LogP contribution is 2.31. The molecule has 0 aliphatic carbocycles. The third-order valence-electron chi connectivity index (χ3n) is 5.13. The Labute approximate surface area is 169 Å². The highest BCUT2D eigenvalue weighted by Gasteiger charge is 2.40. The van der Waals surface area contributed by atoms with E-state index in [1.807, 2.05) is 18.2 Å². The first-order valence-corrected chi connectivity index (χ1v) is 11.5. The number of hydrogen-bond donors (Lipinski definition) is 1. The number of aryl methyl sites for hydroxylation is 2. The van der Waals surface area contributed by atoms with E-state index < -0.39 is 10.0 Å². The van der Waals surface area contributed by atoms with Crippen molar-refractivity contribution in [2.24, 2.45) is 7.05 Å². The molecule has 1 aliphatic heterocycles. The van der Waals surface area contributed by atoms with Crippen LogP contribution in [0.5, 0.6) is 0 Å². The summed E-state index contributed by atoms with van der Waals surface area (Å²) in [5.41, 5.74) is 1.15. The van der Waals surface area contributed by atoms with Crippen LogP contribution in [0.3, 0.4) is 0 Å². The summed E-state index contributed by atoms with van der Waals surface area (Å²) in [6, 6.07) is 14.4. The molecule has 1 aliphatic rings. The van der Waals surface area contributed by atoms with Crippen LogP contribution in [0.4, 0.5) is 0 Å². The minimum Gasteiger partial charge on any atom is -0.339 e. The summed E-state index contributed by atoms with van der Waals surface area (Å²) in [5.74, 6) is 0.0979. The largest absolute Gasteiger partial charge is 0.339 e. The van der Waals surface area contributed by atoms with Gasteiger partial charge in [0.2, 0.25) is 0 Å². The van der Waals surface area contributed by atoms with Crippen molar-refractivity contribution >= 4 is 21.4 Å². The Bertz CT molecular complexity index is 1040. The Kier molecular flexibility index (Phi) is 5.37. The number of nitrogens with zero attached hydrogens (tertiary/aromatic N) is 3. The lowest BCUT2D eigenvalue weighted by molar-refractivity contribution is 0.454. The number of imidazole rings is 1. The van der Waals surface area contributed by atoms with E-state index in [0.29, 0.717) is 13.1 Å². The molecule has 0 bridgehead atoms. The van der Waals surface area contributed by atoms with E-state index in [-0.39, 0.29) is 17.0 Å². The summed E-state index contributed by atoms with van der Waals surface area (Å²) in [7, 11) is -1.83. The van der Waals surface area contributed by atoms with E-state index in [9.17, 15) is 8.42 Å². The van der Waals surface area contributed by atoms with Gasteiger partial charge in [0.05, 0.1) is 6.33 Å². The molecule has 2 atom stereocenters. The maximum Gasteiger partial charge on any atom is 0.262 e. The Morgan fingerprint density at radius 1 is 1.18 bits per heavy atom. The number of hydrogen-bond acceptors (Lipinski definition) is 5. The monoisotopic (exact) mass is 416 g/mol. The normalized spacial score (nSPS) is 20.6. The summed E-state index contributed by atoms with van der Waals surface area (Å²) in [5, 5.41) is 3.70. The van der Waals surface area contributed by atoms with Crippen molar-refractivity contribution in [2.75, 3.05) is 13.1 Å². The van der Waals surface area contributed by atoms with Crippen molar-refractivity contribution in [3.63, 3.8) is 0 Å². The SMILES string of the molecule is Cc1ccc(CNC2CN(S(=O)(=O)c3cn(C)cn3)CC2c2ccccc2)s1. The lowest BCUT2D eigenvalue weighted by Gasteiger charge is -2.19. The first-order chi connectivity index (χ1) is 13.4. The number of benzene rings is 1. The van der Waals surface area contributed by atoms with Crippen LogP contribution in [0.25, 0.3) is 0 Å². The fourth-order valence-electron chi connectivity index (χ4n) is 3.67. The molecule has 3 heterocycles. The molecule has 6 nitrogen and oxygen atoms in total. The Balaban J connectivity index is 1.57. The maximum absolute atomic E-state index is 13.1. The second kappa shape index (κ2) is 7.79. The minimum atomic E-state index is -3.61. The number of thiophene rings is 1. The molecule has 0 amide bonds. The molecule has 148 valence electrons. The molecule has 0 saturated carbocycles. The maximum atomic E-state index is 13.1. The standard InChI is InChI=1S/C20H24N4O2S2/c1-15-8-9-17(27-15)10-21-19-12-24(11-18(19)16-6-4-3-5-7-16)28(25,26)20-13-23(2)14-22-20/h3-9,13-14,18-19,21H,10-12H2,1-2H3. The van der Waals surface area contributed by atoms with Gasteiger partial charge in [-0.05, 0) is 24.6 Å². The van der Waals surface area contributed by atoms with Crippen molar-refractivity contribution < 1.29 is 8.42 Å². The quantitative estimate of drug-likeness (QED) is 0.671. The van der Waals surface area contributed by atoms with Gasteiger partial charge >= 0.3 is 0 Å². The molecular formula is C20H24N4O2S2. The second-order valence-electron chi connectivity index (χ2n) is 7.22. The van der Waals surface area contributed by atoms with Gasteiger partial charge in [-0.1, -0.05) is 30.3 Å². The molecule has 1 fully saturated rings. The fraction of sp³-hybridized carbons (Fsp3) is 0.350. The van der Waals surface area contributed by atoms with Crippen LogP contribution < -0.4 is 5.32 Å². The van der Waals surface area contributed by atoms with E-state index in [1.165, 1.54) is 16.1 Å². The number of aromatic nitrogens is 2. The molecule has 0 spiro atoms. The van der Waals surface area contributed by atoms with Crippen molar-refractivity contribution in [1.29, 1.82) is 0 Å². The zero-order valence-corrected chi connectivity index (χ0v) is 17.6. The van der Waals surface area contributed by atoms with Crippen LogP contribution in [-0.2, 0) is 23.6 Å². The average molecular weight is 417 g/mol. The summed E-state index contributed by atoms with van der Waals surface area (Å²) in [6.45, 7) is 3.72. The Morgan fingerprint density at radius 2 is 1.96 bits per heavy atom. The van der Waals surface area contributed by atoms with Gasteiger partial charge in [0, 0.05) is 54.6 Å². The molecule has 4 rings (SSSR count). The molecule has 2 aromatic heterocycles. The number of rotatable bonds is 6. The van der Waals surface area contributed by atoms with Crippen LogP contribution in [0, 0.1) is 6.92 Å². The summed E-state index contributed by atoms with van der Waals surface area (Å²) >= 11 is 1.77. The molecule has 2 unspecified atom stereocenters. The Hall–Kier alpha value is -2.00. The van der Waals surface area contributed by atoms with Crippen molar-refractivity contribution in [3.05, 3.63) is 70.3 Å². The molecule has 1 aromatic carbocycles. The van der Waals surface area contributed by atoms with Gasteiger partial charge in [-0.15, -0.1) is 11.3 Å². The van der Waals surface area contributed by atoms with Crippen LogP contribution in [0.2, 0.25) is 0 Å². The zero-order valence-electron chi connectivity index (χ0n) is 15.9. The number of sulfonamides is 1. The van der Waals surface area contributed by atoms with E-state index >= 15 is 0 Å². The summed E-state index contributed by atoms with van der Waals surface area (Å²) < 4.78 is 29.4. The first-order valence-electron chi connectivity index (χ1n) is 9.25. The lowest BCUT2D eigenvalue weighted by Crippen LogP contribution is -2.36. The molecule has 0 radical (unpaired) electrons. The van der Waals surface area contributed by atoms with Gasteiger partial charge in [0.15, 0.2) is 5.03 Å². The highest BCUT2D eigenvalue weighted by molar-refractivity contribution is 7.89. The van der Waals surface area contributed by atoms with Crippen molar-refractivity contribution in [3.8, 4) is 0 Å². The van der Waals surface area contributed by atoms with Crippen LogP contribution in [0.1, 0.15) is 21.2 Å². The first kappa shape index (κ1) is 19.3. The number of nitrogens with one attached hydrogen (secondary N) is 1. The zero-order chi connectivity index (χ0) is 19.7.